The van der Waals surface area contributed by atoms with Crippen LogP contribution in [0.5, 0.6) is 5.75 Å². The van der Waals surface area contributed by atoms with Crippen molar-refractivity contribution in [1.29, 1.82) is 0 Å². The number of sulfonamides is 1. The van der Waals surface area contributed by atoms with Gasteiger partial charge < -0.3 is 9.84 Å². The Kier molecular flexibility index (Phi) is 4.62. The van der Waals surface area contributed by atoms with Crippen molar-refractivity contribution in [3.8, 4) is 5.75 Å². The van der Waals surface area contributed by atoms with Gasteiger partial charge in [0, 0.05) is 6.07 Å². The Balaban J connectivity index is 2.17. The number of halogens is 1. The Morgan fingerprint density at radius 2 is 1.86 bits per heavy atom. The Morgan fingerprint density at radius 3 is 2.50 bits per heavy atom. The first-order valence-electron chi connectivity index (χ1n) is 6.10. The Labute approximate surface area is 126 Å². The number of carbonyl (C=O) groups is 1. The van der Waals surface area contributed by atoms with E-state index in [9.17, 15) is 17.6 Å². The number of nitrogens with one attached hydrogen (secondary N) is 1. The van der Waals surface area contributed by atoms with Crippen molar-refractivity contribution >= 4 is 21.7 Å². The molecule has 2 aromatic carbocycles. The SMILES string of the molecule is O=C(O)COc1cccc(NS(=O)(=O)c2ccc(F)cc2)c1. The molecule has 116 valence electrons. The molecule has 0 aliphatic heterocycles. The third kappa shape index (κ3) is 4.19. The molecule has 6 nitrogen and oxygen atoms in total. The lowest BCUT2D eigenvalue weighted by Crippen LogP contribution is -2.13. The molecule has 8 heteroatoms. The molecule has 0 amide bonds. The van der Waals surface area contributed by atoms with Crippen LogP contribution in [0.2, 0.25) is 0 Å². The summed E-state index contributed by atoms with van der Waals surface area (Å²) in [6, 6.07) is 10.2. The van der Waals surface area contributed by atoms with Gasteiger partial charge in [-0.05, 0) is 36.4 Å². The standard InChI is InChI=1S/C14H12FNO5S/c15-10-4-6-13(7-5-10)22(19,20)16-11-2-1-3-12(8-11)21-9-14(17)18/h1-8,16H,9H2,(H,17,18). The quantitative estimate of drug-likeness (QED) is 0.848. The number of hydrogen-bond donors (Lipinski definition) is 2. The van der Waals surface area contributed by atoms with E-state index in [0.29, 0.717) is 0 Å². The van der Waals surface area contributed by atoms with Crippen LogP contribution in [-0.4, -0.2) is 26.1 Å². The fourth-order valence-corrected chi connectivity index (χ4v) is 2.67. The minimum atomic E-state index is -3.87. The zero-order chi connectivity index (χ0) is 16.2. The van der Waals surface area contributed by atoms with Gasteiger partial charge in [0.25, 0.3) is 10.0 Å². The number of carboxylic acid groups (broad SMARTS) is 1. The highest BCUT2D eigenvalue weighted by Gasteiger charge is 2.14. The average Bonchev–Trinajstić information content (AvgIpc) is 2.45. The van der Waals surface area contributed by atoms with Gasteiger partial charge in [-0.2, -0.15) is 0 Å². The summed E-state index contributed by atoms with van der Waals surface area (Å²) in [5.74, 6) is -1.47. The summed E-state index contributed by atoms with van der Waals surface area (Å²) in [5, 5.41) is 8.53. The van der Waals surface area contributed by atoms with Crippen molar-refractivity contribution in [2.75, 3.05) is 11.3 Å². The van der Waals surface area contributed by atoms with Crippen LogP contribution in [0.1, 0.15) is 0 Å². The van der Waals surface area contributed by atoms with Crippen molar-refractivity contribution in [3.63, 3.8) is 0 Å². The minimum absolute atomic E-state index is 0.0919. The van der Waals surface area contributed by atoms with Crippen molar-refractivity contribution in [2.45, 2.75) is 4.90 Å². The van der Waals surface area contributed by atoms with Gasteiger partial charge in [-0.25, -0.2) is 17.6 Å². The van der Waals surface area contributed by atoms with Crippen molar-refractivity contribution in [1.82, 2.24) is 0 Å². The second-order valence-corrected chi connectivity index (χ2v) is 5.95. The Bertz CT molecular complexity index is 774. The van der Waals surface area contributed by atoms with E-state index in [2.05, 4.69) is 4.72 Å². The van der Waals surface area contributed by atoms with E-state index in [1.807, 2.05) is 0 Å². The normalized spacial score (nSPS) is 11.0. The van der Waals surface area contributed by atoms with Crippen LogP contribution < -0.4 is 9.46 Å². The number of anilines is 1. The molecule has 0 saturated heterocycles. The van der Waals surface area contributed by atoms with E-state index in [0.717, 1.165) is 24.3 Å². The molecule has 0 aliphatic rings. The van der Waals surface area contributed by atoms with Crippen LogP contribution in [0, 0.1) is 5.82 Å². The Morgan fingerprint density at radius 1 is 1.18 bits per heavy atom. The number of rotatable bonds is 6. The highest BCUT2D eigenvalue weighted by Crippen LogP contribution is 2.21. The molecular formula is C14H12FNO5S. The third-order valence-electron chi connectivity index (χ3n) is 2.57. The maximum Gasteiger partial charge on any atom is 0.341 e. The second kappa shape index (κ2) is 6.44. The van der Waals surface area contributed by atoms with Gasteiger partial charge in [0.2, 0.25) is 0 Å². The summed E-state index contributed by atoms with van der Waals surface area (Å²) in [6.45, 7) is -0.534. The first-order valence-corrected chi connectivity index (χ1v) is 7.58. The number of benzene rings is 2. The molecule has 0 bridgehead atoms. The zero-order valence-electron chi connectivity index (χ0n) is 11.2. The van der Waals surface area contributed by atoms with Crippen molar-refractivity contribution < 1.29 is 27.4 Å². The fraction of sp³-hybridized carbons (Fsp3) is 0.0714. The molecule has 2 rings (SSSR count). The number of ether oxygens (including phenoxy) is 1. The first-order chi connectivity index (χ1) is 10.4. The van der Waals surface area contributed by atoms with Crippen LogP contribution in [0.3, 0.4) is 0 Å². The highest BCUT2D eigenvalue weighted by molar-refractivity contribution is 7.92. The molecule has 2 aromatic rings. The van der Waals surface area contributed by atoms with Crippen molar-refractivity contribution in [2.24, 2.45) is 0 Å². The number of hydrogen-bond acceptors (Lipinski definition) is 4. The van der Waals surface area contributed by atoms with E-state index in [1.165, 1.54) is 24.3 Å². The molecule has 22 heavy (non-hydrogen) atoms. The second-order valence-electron chi connectivity index (χ2n) is 4.27. The van der Waals surface area contributed by atoms with Gasteiger partial charge >= 0.3 is 5.97 Å². The molecule has 0 unspecified atom stereocenters. The highest BCUT2D eigenvalue weighted by atomic mass is 32.2. The van der Waals surface area contributed by atoms with Crippen LogP contribution >= 0.6 is 0 Å². The maximum atomic E-state index is 12.8. The predicted octanol–water partition coefficient (Wildman–Crippen LogP) is 2.09. The van der Waals surface area contributed by atoms with E-state index in [4.69, 9.17) is 9.84 Å². The molecule has 0 saturated carbocycles. The summed E-state index contributed by atoms with van der Waals surface area (Å²) >= 11 is 0. The summed E-state index contributed by atoms with van der Waals surface area (Å²) in [7, 11) is -3.87. The molecular weight excluding hydrogens is 313 g/mol. The van der Waals surface area contributed by atoms with Crippen LogP contribution in [-0.2, 0) is 14.8 Å². The van der Waals surface area contributed by atoms with E-state index >= 15 is 0 Å². The van der Waals surface area contributed by atoms with E-state index in [-0.39, 0.29) is 16.3 Å². The molecule has 0 spiro atoms. The van der Waals surface area contributed by atoms with Gasteiger partial charge in [0.1, 0.15) is 11.6 Å². The van der Waals surface area contributed by atoms with E-state index in [1.54, 1.807) is 0 Å². The molecule has 0 radical (unpaired) electrons. The summed E-state index contributed by atoms with van der Waals surface area (Å²) in [4.78, 5) is 10.3. The third-order valence-corrected chi connectivity index (χ3v) is 3.97. The lowest BCUT2D eigenvalue weighted by molar-refractivity contribution is -0.139. The largest absolute Gasteiger partial charge is 0.482 e. The van der Waals surface area contributed by atoms with Crippen molar-refractivity contribution in [3.05, 3.63) is 54.3 Å². The predicted molar refractivity (Wildman–Crippen MR) is 76.8 cm³/mol. The average molecular weight is 325 g/mol. The van der Waals surface area contributed by atoms with Crippen LogP contribution in [0.25, 0.3) is 0 Å². The molecule has 0 aromatic heterocycles. The Hall–Kier alpha value is -2.61. The first kappa shape index (κ1) is 15.8. The van der Waals surface area contributed by atoms with Gasteiger partial charge in [0.05, 0.1) is 10.6 Å². The van der Waals surface area contributed by atoms with Crippen LogP contribution in [0.15, 0.2) is 53.4 Å². The molecule has 0 atom stereocenters. The smallest absolute Gasteiger partial charge is 0.341 e. The number of carboxylic acids is 1. The van der Waals surface area contributed by atoms with E-state index < -0.39 is 28.4 Å². The zero-order valence-corrected chi connectivity index (χ0v) is 12.0. The van der Waals surface area contributed by atoms with Crippen LogP contribution in [0.4, 0.5) is 10.1 Å². The molecule has 0 heterocycles. The molecule has 0 fully saturated rings. The summed E-state index contributed by atoms with van der Waals surface area (Å²) < 4.78 is 44.3. The van der Waals surface area contributed by atoms with Gasteiger partial charge in [0.15, 0.2) is 6.61 Å². The van der Waals surface area contributed by atoms with Gasteiger partial charge in [-0.1, -0.05) is 6.07 Å². The lowest BCUT2D eigenvalue weighted by atomic mass is 10.3. The fourth-order valence-electron chi connectivity index (χ4n) is 1.62. The molecule has 2 N–H and O–H groups in total. The van der Waals surface area contributed by atoms with Gasteiger partial charge in [-0.3, -0.25) is 4.72 Å². The maximum absolute atomic E-state index is 12.8. The lowest BCUT2D eigenvalue weighted by Gasteiger charge is -2.10. The monoisotopic (exact) mass is 325 g/mol. The van der Waals surface area contributed by atoms with Gasteiger partial charge in [-0.15, -0.1) is 0 Å². The molecule has 0 aliphatic carbocycles. The number of aliphatic carboxylic acids is 1. The summed E-state index contributed by atoms with van der Waals surface area (Å²) in [6.07, 6.45) is 0. The summed E-state index contributed by atoms with van der Waals surface area (Å²) in [5.41, 5.74) is 0.201. The minimum Gasteiger partial charge on any atom is -0.482 e. The topological polar surface area (TPSA) is 92.7 Å².